The van der Waals surface area contributed by atoms with Gasteiger partial charge in [-0.2, -0.15) is 0 Å². The molecule has 2 aliphatic heterocycles. The van der Waals surface area contributed by atoms with Crippen molar-refractivity contribution in [3.05, 3.63) is 64.7 Å². The van der Waals surface area contributed by atoms with Crippen LogP contribution in [0.15, 0.2) is 48.0 Å². The average Bonchev–Trinajstić information content (AvgIpc) is 3.15. The minimum atomic E-state index is -0.744. The van der Waals surface area contributed by atoms with Crippen LogP contribution in [0.25, 0.3) is 5.76 Å². The topological polar surface area (TPSA) is 99.5 Å². The van der Waals surface area contributed by atoms with Crippen molar-refractivity contribution in [2.24, 2.45) is 0 Å². The molecular weight excluding hydrogens is 472 g/mol. The van der Waals surface area contributed by atoms with E-state index in [-0.39, 0.29) is 17.1 Å². The monoisotopic (exact) mass is 508 g/mol. The highest BCUT2D eigenvalue weighted by Crippen LogP contribution is 2.40. The van der Waals surface area contributed by atoms with Gasteiger partial charge in [-0.25, -0.2) is 0 Å². The molecule has 0 bridgehead atoms. The zero-order valence-corrected chi connectivity index (χ0v) is 21.6. The Morgan fingerprint density at radius 1 is 1.05 bits per heavy atom. The quantitative estimate of drug-likeness (QED) is 0.216. The lowest BCUT2D eigenvalue weighted by atomic mass is 9.94. The van der Waals surface area contributed by atoms with Gasteiger partial charge in [-0.1, -0.05) is 25.5 Å². The van der Waals surface area contributed by atoms with Crippen LogP contribution in [-0.4, -0.2) is 77.7 Å². The van der Waals surface area contributed by atoms with Gasteiger partial charge >= 0.3 is 0 Å². The molecule has 0 aliphatic carbocycles. The largest absolute Gasteiger partial charge is 0.508 e. The van der Waals surface area contributed by atoms with Crippen LogP contribution in [-0.2, 0) is 14.3 Å². The summed E-state index contributed by atoms with van der Waals surface area (Å²) in [5, 5.41) is 21.1. The number of aliphatic hydroxyl groups excluding tert-OH is 1. The van der Waals surface area contributed by atoms with Gasteiger partial charge in [-0.3, -0.25) is 14.5 Å². The molecule has 2 heterocycles. The number of aromatic hydroxyl groups is 1. The molecule has 198 valence electrons. The first-order chi connectivity index (χ1) is 17.9. The number of benzene rings is 2. The summed E-state index contributed by atoms with van der Waals surface area (Å²) in [4.78, 5) is 30.3. The van der Waals surface area contributed by atoms with Crippen molar-refractivity contribution in [1.82, 2.24) is 9.80 Å². The van der Waals surface area contributed by atoms with Gasteiger partial charge in [-0.05, 0) is 61.2 Å². The Labute approximate surface area is 218 Å². The number of carbonyl (C=O) groups excluding carboxylic acids is 2. The summed E-state index contributed by atoms with van der Waals surface area (Å²) < 4.78 is 11.2. The number of phenolic OH excluding ortho intramolecular Hbond substituents is 1. The molecule has 2 aromatic carbocycles. The maximum Gasteiger partial charge on any atom is 0.295 e. The van der Waals surface area contributed by atoms with Gasteiger partial charge in [0.1, 0.15) is 17.3 Å². The molecule has 37 heavy (non-hydrogen) atoms. The average molecular weight is 509 g/mol. The Kier molecular flexibility index (Phi) is 8.84. The first kappa shape index (κ1) is 26.7. The predicted octanol–water partition coefficient (Wildman–Crippen LogP) is 4.02. The molecule has 0 unspecified atom stereocenters. The molecule has 4 rings (SSSR count). The Hall–Kier alpha value is -3.36. The predicted molar refractivity (Wildman–Crippen MR) is 141 cm³/mol. The Bertz CT molecular complexity index is 1140. The minimum Gasteiger partial charge on any atom is -0.508 e. The molecule has 0 saturated carbocycles. The summed E-state index contributed by atoms with van der Waals surface area (Å²) >= 11 is 0. The number of unbranched alkanes of at least 4 members (excludes halogenated alkanes) is 1. The number of likely N-dealkylation sites (tertiary alicyclic amines) is 1. The number of carbonyl (C=O) groups is 2. The fraction of sp³-hybridized carbons (Fsp3) is 0.448. The summed E-state index contributed by atoms with van der Waals surface area (Å²) in [6.45, 7) is 8.83. The van der Waals surface area contributed by atoms with E-state index in [1.54, 1.807) is 30.3 Å². The molecule has 8 nitrogen and oxygen atoms in total. The lowest BCUT2D eigenvalue weighted by Crippen LogP contribution is -2.38. The summed E-state index contributed by atoms with van der Waals surface area (Å²) in [5.74, 6) is -0.734. The summed E-state index contributed by atoms with van der Waals surface area (Å²) in [7, 11) is 0. The summed E-state index contributed by atoms with van der Waals surface area (Å²) in [6.07, 6.45) is 2.66. The minimum absolute atomic E-state index is 0.0566. The number of morpholine rings is 1. The molecule has 2 N–H and O–H groups in total. The Balaban J connectivity index is 1.64. The van der Waals surface area contributed by atoms with Gasteiger partial charge in [0, 0.05) is 31.7 Å². The van der Waals surface area contributed by atoms with Crippen LogP contribution < -0.4 is 4.74 Å². The third-order valence-corrected chi connectivity index (χ3v) is 6.93. The van der Waals surface area contributed by atoms with Crippen LogP contribution in [0.5, 0.6) is 11.5 Å². The van der Waals surface area contributed by atoms with Gasteiger partial charge in [-0.15, -0.1) is 0 Å². The molecule has 1 amide bonds. The number of ether oxygens (including phenoxy) is 2. The third-order valence-electron chi connectivity index (χ3n) is 6.93. The Morgan fingerprint density at radius 3 is 2.46 bits per heavy atom. The van der Waals surface area contributed by atoms with Gasteiger partial charge in [0.2, 0.25) is 0 Å². The normalized spacial score (nSPS) is 19.9. The zero-order chi connectivity index (χ0) is 26.4. The summed E-state index contributed by atoms with van der Waals surface area (Å²) in [6, 6.07) is 10.9. The maximum absolute atomic E-state index is 13.3. The van der Waals surface area contributed by atoms with Crippen LogP contribution in [0, 0.1) is 6.92 Å². The van der Waals surface area contributed by atoms with Gasteiger partial charge in [0.25, 0.3) is 11.7 Å². The summed E-state index contributed by atoms with van der Waals surface area (Å²) in [5.41, 5.74) is 2.00. The number of ketones is 1. The lowest BCUT2D eigenvalue weighted by molar-refractivity contribution is -0.140. The number of aliphatic hydroxyl groups is 1. The number of aryl methyl sites for hydroxylation is 1. The second kappa shape index (κ2) is 12.3. The first-order valence-electron chi connectivity index (χ1n) is 13.0. The van der Waals surface area contributed by atoms with E-state index in [1.807, 2.05) is 6.92 Å². The number of phenols is 1. The van der Waals surface area contributed by atoms with Crippen molar-refractivity contribution in [3.63, 3.8) is 0 Å². The molecule has 0 spiro atoms. The van der Waals surface area contributed by atoms with Crippen molar-refractivity contribution in [2.45, 2.75) is 39.2 Å². The van der Waals surface area contributed by atoms with Crippen LogP contribution >= 0.6 is 0 Å². The number of amides is 1. The number of Topliss-reactive ketones (excluding diaryl/α,β-unsaturated/α-hetero) is 1. The van der Waals surface area contributed by atoms with E-state index in [2.05, 4.69) is 11.8 Å². The second-order valence-corrected chi connectivity index (χ2v) is 9.57. The number of hydrogen-bond acceptors (Lipinski definition) is 7. The fourth-order valence-electron chi connectivity index (χ4n) is 4.84. The smallest absolute Gasteiger partial charge is 0.295 e. The van der Waals surface area contributed by atoms with Crippen molar-refractivity contribution < 1.29 is 29.3 Å². The molecule has 1 atom stereocenters. The maximum atomic E-state index is 13.3. The molecule has 8 heteroatoms. The lowest BCUT2D eigenvalue weighted by Gasteiger charge is -2.29. The van der Waals surface area contributed by atoms with E-state index < -0.39 is 17.7 Å². The van der Waals surface area contributed by atoms with Crippen molar-refractivity contribution >= 4 is 17.4 Å². The molecule has 2 aromatic rings. The highest BCUT2D eigenvalue weighted by atomic mass is 16.5. The SMILES string of the molecule is CCCCOc1ccc(C(O)=C2C(=O)C(=O)N(CCCN3CCOCC3)[C@H]2c2ccc(O)cc2)cc1C. The van der Waals surface area contributed by atoms with Crippen molar-refractivity contribution in [2.75, 3.05) is 46.0 Å². The van der Waals surface area contributed by atoms with Crippen molar-refractivity contribution in [1.29, 1.82) is 0 Å². The molecule has 2 saturated heterocycles. The first-order valence-corrected chi connectivity index (χ1v) is 13.0. The highest BCUT2D eigenvalue weighted by Gasteiger charge is 2.45. The van der Waals surface area contributed by atoms with Crippen LogP contribution in [0.1, 0.15) is 48.9 Å². The number of hydrogen-bond donors (Lipinski definition) is 2. The van der Waals surface area contributed by atoms with Gasteiger partial charge < -0.3 is 24.6 Å². The molecular formula is C29H36N2O6. The van der Waals surface area contributed by atoms with Crippen LogP contribution in [0.3, 0.4) is 0 Å². The third kappa shape index (κ3) is 6.14. The van der Waals surface area contributed by atoms with E-state index >= 15 is 0 Å². The second-order valence-electron chi connectivity index (χ2n) is 9.57. The van der Waals surface area contributed by atoms with E-state index in [0.29, 0.717) is 43.9 Å². The number of rotatable bonds is 10. The van der Waals surface area contributed by atoms with Gasteiger partial charge in [0.05, 0.1) is 31.4 Å². The van der Waals surface area contributed by atoms with E-state index in [1.165, 1.54) is 17.0 Å². The Morgan fingerprint density at radius 2 is 1.78 bits per heavy atom. The van der Waals surface area contributed by atoms with Crippen LogP contribution in [0.2, 0.25) is 0 Å². The van der Waals surface area contributed by atoms with E-state index in [4.69, 9.17) is 9.47 Å². The molecule has 2 aliphatic rings. The molecule has 0 aromatic heterocycles. The fourth-order valence-corrected chi connectivity index (χ4v) is 4.84. The zero-order valence-electron chi connectivity index (χ0n) is 21.6. The van der Waals surface area contributed by atoms with E-state index in [9.17, 15) is 19.8 Å². The van der Waals surface area contributed by atoms with E-state index in [0.717, 1.165) is 43.8 Å². The van der Waals surface area contributed by atoms with Crippen molar-refractivity contribution in [3.8, 4) is 11.5 Å². The molecule has 2 fully saturated rings. The van der Waals surface area contributed by atoms with Gasteiger partial charge in [0.15, 0.2) is 0 Å². The highest BCUT2D eigenvalue weighted by molar-refractivity contribution is 6.46. The standard InChI is InChI=1S/C29H36N2O6/c1-3-4-16-37-24-11-8-22(19-20(24)2)27(33)25-26(21-6-9-23(32)10-7-21)31(29(35)28(25)34)13-5-12-30-14-17-36-18-15-30/h6-11,19,26,32-33H,3-5,12-18H2,1-2H3/t26-/m0/s1. The van der Waals surface area contributed by atoms with Crippen LogP contribution in [0.4, 0.5) is 0 Å². The number of nitrogens with zero attached hydrogens (tertiary/aromatic N) is 2. The molecule has 0 radical (unpaired) electrons.